The molecule has 8 heteroatoms. The van der Waals surface area contributed by atoms with Crippen molar-refractivity contribution in [1.82, 2.24) is 20.1 Å². The average Bonchev–Trinajstić information content (AvgIpc) is 3.12. The van der Waals surface area contributed by atoms with Gasteiger partial charge in [-0.2, -0.15) is 5.26 Å². The van der Waals surface area contributed by atoms with Crippen LogP contribution in [0.25, 0.3) is 0 Å². The lowest BCUT2D eigenvalue weighted by molar-refractivity contribution is -0.120. The van der Waals surface area contributed by atoms with Crippen LogP contribution in [-0.4, -0.2) is 32.0 Å². The topological polar surface area (TPSA) is 92.8 Å². The van der Waals surface area contributed by atoms with E-state index in [2.05, 4.69) is 35.1 Å². The van der Waals surface area contributed by atoms with Gasteiger partial charge in [-0.1, -0.05) is 50.7 Å². The SMILES string of the molecule is C=CCn1c(COc2ccc(CC)cc2)nnc1SCC(=O)NC(C)(C#N)C(C)C. The van der Waals surface area contributed by atoms with Crippen LogP contribution in [0.2, 0.25) is 0 Å². The number of ether oxygens (including phenoxy) is 1. The third kappa shape index (κ3) is 6.10. The zero-order chi connectivity index (χ0) is 22.1. The molecule has 0 aliphatic rings. The van der Waals surface area contributed by atoms with Crippen LogP contribution in [0.4, 0.5) is 0 Å². The van der Waals surface area contributed by atoms with E-state index >= 15 is 0 Å². The second kappa shape index (κ2) is 10.8. The Kier molecular flexibility index (Phi) is 8.48. The number of nitrogens with one attached hydrogen (secondary N) is 1. The number of rotatable bonds is 11. The highest BCUT2D eigenvalue weighted by atomic mass is 32.2. The van der Waals surface area contributed by atoms with Crippen LogP contribution < -0.4 is 10.1 Å². The summed E-state index contributed by atoms with van der Waals surface area (Å²) < 4.78 is 7.71. The summed E-state index contributed by atoms with van der Waals surface area (Å²) in [7, 11) is 0. The van der Waals surface area contributed by atoms with Gasteiger partial charge in [0.15, 0.2) is 11.0 Å². The van der Waals surface area contributed by atoms with Gasteiger partial charge in [-0.25, -0.2) is 0 Å². The number of aryl methyl sites for hydroxylation is 1. The maximum absolute atomic E-state index is 12.3. The van der Waals surface area contributed by atoms with Crippen molar-refractivity contribution in [1.29, 1.82) is 5.26 Å². The van der Waals surface area contributed by atoms with Crippen molar-refractivity contribution >= 4 is 17.7 Å². The van der Waals surface area contributed by atoms with Crippen molar-refractivity contribution < 1.29 is 9.53 Å². The number of allylic oxidation sites excluding steroid dienone is 1. The van der Waals surface area contributed by atoms with Crippen LogP contribution in [0.1, 0.15) is 39.1 Å². The van der Waals surface area contributed by atoms with Gasteiger partial charge in [-0.15, -0.1) is 16.8 Å². The number of amides is 1. The van der Waals surface area contributed by atoms with E-state index in [1.54, 1.807) is 13.0 Å². The van der Waals surface area contributed by atoms with Crippen LogP contribution in [0.15, 0.2) is 42.1 Å². The number of nitrogens with zero attached hydrogens (tertiary/aromatic N) is 4. The first kappa shape index (κ1) is 23.5. The van der Waals surface area contributed by atoms with Gasteiger partial charge in [0.25, 0.3) is 0 Å². The summed E-state index contributed by atoms with van der Waals surface area (Å²) in [5.74, 6) is 1.33. The minimum atomic E-state index is -0.904. The van der Waals surface area contributed by atoms with E-state index in [4.69, 9.17) is 4.74 Å². The molecule has 7 nitrogen and oxygen atoms in total. The molecule has 2 aromatic rings. The Morgan fingerprint density at radius 1 is 1.40 bits per heavy atom. The van der Waals surface area contributed by atoms with Gasteiger partial charge in [0.05, 0.1) is 11.8 Å². The largest absolute Gasteiger partial charge is 0.486 e. The number of thioether (sulfide) groups is 1. The Labute approximate surface area is 182 Å². The van der Waals surface area contributed by atoms with E-state index in [0.717, 1.165) is 12.2 Å². The Hall–Kier alpha value is -2.79. The first-order valence-corrected chi connectivity index (χ1v) is 10.9. The van der Waals surface area contributed by atoms with Crippen LogP contribution in [-0.2, 0) is 24.4 Å². The summed E-state index contributed by atoms with van der Waals surface area (Å²) in [6, 6.07) is 10.1. The summed E-state index contributed by atoms with van der Waals surface area (Å²) in [6.07, 6.45) is 2.73. The van der Waals surface area contributed by atoms with Gasteiger partial charge in [0, 0.05) is 6.54 Å². The third-order valence-electron chi connectivity index (χ3n) is 4.92. The summed E-state index contributed by atoms with van der Waals surface area (Å²) in [5.41, 5.74) is 0.345. The molecule has 1 aromatic heterocycles. The minimum absolute atomic E-state index is 0.00369. The van der Waals surface area contributed by atoms with E-state index in [1.807, 2.05) is 42.7 Å². The molecule has 0 spiro atoms. The minimum Gasteiger partial charge on any atom is -0.486 e. The van der Waals surface area contributed by atoms with Gasteiger partial charge >= 0.3 is 0 Å². The molecule has 0 radical (unpaired) electrons. The number of hydrogen-bond acceptors (Lipinski definition) is 6. The first-order valence-electron chi connectivity index (χ1n) is 9.92. The average molecular weight is 428 g/mol. The number of carbonyl (C=O) groups is 1. The van der Waals surface area contributed by atoms with Gasteiger partial charge < -0.3 is 10.1 Å². The molecule has 0 bridgehead atoms. The van der Waals surface area contributed by atoms with E-state index in [0.29, 0.717) is 17.5 Å². The Bertz CT molecular complexity index is 901. The zero-order valence-electron chi connectivity index (χ0n) is 18.0. The van der Waals surface area contributed by atoms with Crippen molar-refractivity contribution in [2.24, 2.45) is 5.92 Å². The van der Waals surface area contributed by atoms with Crippen molar-refractivity contribution in [2.45, 2.75) is 58.0 Å². The molecule has 0 aliphatic heterocycles. The molecular formula is C22H29N5O2S. The second-order valence-corrected chi connectivity index (χ2v) is 8.33. The number of hydrogen-bond donors (Lipinski definition) is 1. The van der Waals surface area contributed by atoms with E-state index < -0.39 is 5.54 Å². The normalized spacial score (nSPS) is 12.8. The van der Waals surface area contributed by atoms with Gasteiger partial charge in [0.1, 0.15) is 17.9 Å². The number of benzene rings is 1. The highest BCUT2D eigenvalue weighted by Crippen LogP contribution is 2.20. The van der Waals surface area contributed by atoms with Crippen LogP contribution in [0.3, 0.4) is 0 Å². The summed E-state index contributed by atoms with van der Waals surface area (Å²) in [5, 5.41) is 21.2. The fourth-order valence-corrected chi connectivity index (χ4v) is 3.34. The molecule has 0 fully saturated rings. The Morgan fingerprint density at radius 2 is 2.10 bits per heavy atom. The molecule has 160 valence electrons. The predicted octanol–water partition coefficient (Wildman–Crippen LogP) is 3.75. The lowest BCUT2D eigenvalue weighted by Crippen LogP contribution is -2.49. The smallest absolute Gasteiger partial charge is 0.231 e. The number of nitriles is 1. The molecule has 2 rings (SSSR count). The molecule has 1 atom stereocenters. The molecular weight excluding hydrogens is 398 g/mol. The molecule has 1 amide bonds. The van der Waals surface area contributed by atoms with Crippen molar-refractivity contribution in [3.05, 3.63) is 48.3 Å². The molecule has 1 unspecified atom stereocenters. The van der Waals surface area contributed by atoms with Crippen molar-refractivity contribution in [2.75, 3.05) is 5.75 Å². The lowest BCUT2D eigenvalue weighted by Gasteiger charge is -2.27. The van der Waals surface area contributed by atoms with Crippen LogP contribution >= 0.6 is 11.8 Å². The molecule has 1 heterocycles. The van der Waals surface area contributed by atoms with Crippen molar-refractivity contribution in [3.63, 3.8) is 0 Å². The Balaban J connectivity index is 2.01. The van der Waals surface area contributed by atoms with Crippen molar-refractivity contribution in [3.8, 4) is 11.8 Å². The van der Waals surface area contributed by atoms with E-state index in [-0.39, 0.29) is 24.2 Å². The molecule has 1 N–H and O–H groups in total. The first-order chi connectivity index (χ1) is 14.3. The maximum atomic E-state index is 12.3. The van der Waals surface area contributed by atoms with Gasteiger partial charge in [0.2, 0.25) is 5.91 Å². The fraction of sp³-hybridized carbons (Fsp3) is 0.455. The maximum Gasteiger partial charge on any atom is 0.231 e. The van der Waals surface area contributed by atoms with Crippen LogP contribution in [0.5, 0.6) is 5.75 Å². The monoisotopic (exact) mass is 427 g/mol. The van der Waals surface area contributed by atoms with Gasteiger partial charge in [-0.3, -0.25) is 9.36 Å². The lowest BCUT2D eigenvalue weighted by atomic mass is 9.90. The summed E-state index contributed by atoms with van der Waals surface area (Å²) in [4.78, 5) is 12.3. The molecule has 0 saturated carbocycles. The number of aromatic nitrogens is 3. The zero-order valence-corrected chi connectivity index (χ0v) is 18.8. The fourth-order valence-electron chi connectivity index (χ4n) is 2.57. The molecule has 0 saturated heterocycles. The molecule has 0 aliphatic carbocycles. The van der Waals surface area contributed by atoms with E-state index in [1.165, 1.54) is 17.3 Å². The van der Waals surface area contributed by atoms with E-state index in [9.17, 15) is 10.1 Å². The Morgan fingerprint density at radius 3 is 2.67 bits per heavy atom. The highest BCUT2D eigenvalue weighted by Gasteiger charge is 2.30. The highest BCUT2D eigenvalue weighted by molar-refractivity contribution is 7.99. The summed E-state index contributed by atoms with van der Waals surface area (Å²) in [6.45, 7) is 12.2. The summed E-state index contributed by atoms with van der Waals surface area (Å²) >= 11 is 1.27. The number of carbonyl (C=O) groups excluding carboxylic acids is 1. The third-order valence-corrected chi connectivity index (χ3v) is 5.89. The molecule has 1 aromatic carbocycles. The standard InChI is InChI=1S/C22H29N5O2S/c1-6-12-27-19(13-29-18-10-8-17(7-2)9-11-18)25-26-21(27)30-14-20(28)24-22(5,15-23)16(3)4/h6,8-11,16H,1,7,12-14H2,2-5H3,(H,24,28). The van der Waals surface area contributed by atoms with Gasteiger partial charge in [-0.05, 0) is 37.0 Å². The van der Waals surface area contributed by atoms with Crippen LogP contribution in [0, 0.1) is 17.2 Å². The predicted molar refractivity (Wildman–Crippen MR) is 118 cm³/mol. The second-order valence-electron chi connectivity index (χ2n) is 7.39. The quantitative estimate of drug-likeness (QED) is 0.434. The molecule has 30 heavy (non-hydrogen) atoms.